The van der Waals surface area contributed by atoms with Crippen LogP contribution < -0.4 is 10.4 Å². The van der Waals surface area contributed by atoms with E-state index in [1.54, 1.807) is 6.08 Å². The third-order valence-electron chi connectivity index (χ3n) is 5.83. The topological polar surface area (TPSA) is 36.9 Å². The summed E-state index contributed by atoms with van der Waals surface area (Å²) in [6, 6.07) is 22.4. The van der Waals surface area contributed by atoms with Gasteiger partial charge in [0.25, 0.3) is 8.32 Å². The fraction of sp³-hybridized carbons (Fsp3) is 0.500. The van der Waals surface area contributed by atoms with Crippen molar-refractivity contribution >= 4 is 26.8 Å². The molecule has 0 radical (unpaired) electrons. The Hall–Kier alpha value is -1.55. The first-order valence-electron chi connectivity index (χ1n) is 12.2. The first-order valence-corrected chi connectivity index (χ1v) is 17.8. The molecule has 4 nitrogen and oxygen atoms in total. The normalized spacial score (nSPS) is 13.6. The van der Waals surface area contributed by atoms with Crippen LogP contribution in [0, 0.1) is 0 Å². The van der Waals surface area contributed by atoms with Crippen LogP contribution in [0.1, 0.15) is 20.8 Å². The van der Waals surface area contributed by atoms with Gasteiger partial charge in [0.05, 0.1) is 19.8 Å². The standard InChI is InChI=1S/C28H44O4Si2/c1-8-19-29-22-25(31-24-30-20-21-33(5,6)7)23-32-34(28(2,3)4,26-15-11-9-12-16-26)27-17-13-10-14-18-27/h8-18,25H,1,19-24H2,2-7H3. The summed E-state index contributed by atoms with van der Waals surface area (Å²) in [6.45, 7) is 20.0. The number of hydrogen-bond acceptors (Lipinski definition) is 4. The number of benzene rings is 2. The van der Waals surface area contributed by atoms with Gasteiger partial charge in [-0.15, -0.1) is 6.58 Å². The van der Waals surface area contributed by atoms with Gasteiger partial charge in [-0.3, -0.25) is 0 Å². The van der Waals surface area contributed by atoms with E-state index in [4.69, 9.17) is 18.6 Å². The third-order valence-corrected chi connectivity index (χ3v) is 12.5. The van der Waals surface area contributed by atoms with Crippen LogP contribution in [-0.4, -0.2) is 55.7 Å². The summed E-state index contributed by atoms with van der Waals surface area (Å²) in [7, 11) is -3.76. The summed E-state index contributed by atoms with van der Waals surface area (Å²) in [5, 5.41) is 2.42. The fourth-order valence-corrected chi connectivity index (χ4v) is 9.34. The SMILES string of the molecule is C=CCOCC(CO[Si](c1ccccc1)(c1ccccc1)C(C)(C)C)OCOCC[Si](C)(C)C. The van der Waals surface area contributed by atoms with E-state index in [0.29, 0.717) is 19.8 Å². The van der Waals surface area contributed by atoms with Gasteiger partial charge in [-0.05, 0) is 21.5 Å². The fourth-order valence-electron chi connectivity index (χ4n) is 3.99. The molecule has 0 saturated heterocycles. The zero-order chi connectivity index (χ0) is 25.1. The lowest BCUT2D eigenvalue weighted by molar-refractivity contribution is -0.117. The van der Waals surface area contributed by atoms with Crippen molar-refractivity contribution in [1.82, 2.24) is 0 Å². The molecule has 2 rings (SSSR count). The Morgan fingerprint density at radius 3 is 1.88 bits per heavy atom. The van der Waals surface area contributed by atoms with E-state index in [-0.39, 0.29) is 17.9 Å². The van der Waals surface area contributed by atoms with Crippen molar-refractivity contribution in [3.05, 3.63) is 73.3 Å². The van der Waals surface area contributed by atoms with Gasteiger partial charge in [-0.2, -0.15) is 0 Å². The second kappa shape index (κ2) is 13.5. The molecule has 6 heteroatoms. The molecule has 0 spiro atoms. The monoisotopic (exact) mass is 500 g/mol. The zero-order valence-electron chi connectivity index (χ0n) is 22.0. The van der Waals surface area contributed by atoms with Gasteiger partial charge in [-0.1, -0.05) is 107 Å². The molecule has 0 aliphatic heterocycles. The quantitative estimate of drug-likeness (QED) is 0.141. The Labute approximate surface area is 209 Å². The highest BCUT2D eigenvalue weighted by molar-refractivity contribution is 6.99. The summed E-state index contributed by atoms with van der Waals surface area (Å²) >= 11 is 0. The number of ether oxygens (including phenoxy) is 3. The van der Waals surface area contributed by atoms with Crippen molar-refractivity contribution in [1.29, 1.82) is 0 Å². The van der Waals surface area contributed by atoms with Crippen molar-refractivity contribution < 1.29 is 18.6 Å². The smallest absolute Gasteiger partial charge is 0.261 e. The molecule has 0 aliphatic carbocycles. The van der Waals surface area contributed by atoms with E-state index in [9.17, 15) is 0 Å². The summed E-state index contributed by atoms with van der Waals surface area (Å²) in [6.07, 6.45) is 1.53. The summed E-state index contributed by atoms with van der Waals surface area (Å²) in [4.78, 5) is 0. The predicted octanol–water partition coefficient (Wildman–Crippen LogP) is 5.46. The molecule has 0 saturated carbocycles. The molecule has 2 aromatic carbocycles. The second-order valence-corrected chi connectivity index (χ2v) is 20.9. The Bertz CT molecular complexity index is 789. The van der Waals surface area contributed by atoms with Crippen LogP contribution in [0.25, 0.3) is 0 Å². The van der Waals surface area contributed by atoms with Gasteiger partial charge in [0.2, 0.25) is 0 Å². The Morgan fingerprint density at radius 1 is 0.853 bits per heavy atom. The molecular formula is C28H44O4Si2. The number of rotatable bonds is 15. The minimum atomic E-state index is -2.63. The Kier molecular flexibility index (Phi) is 11.4. The van der Waals surface area contributed by atoms with E-state index in [1.165, 1.54) is 10.4 Å². The summed E-state index contributed by atoms with van der Waals surface area (Å²) < 4.78 is 24.7. The third kappa shape index (κ3) is 8.59. The van der Waals surface area contributed by atoms with Crippen LogP contribution in [-0.2, 0) is 18.6 Å². The molecule has 34 heavy (non-hydrogen) atoms. The van der Waals surface area contributed by atoms with E-state index >= 15 is 0 Å². The Morgan fingerprint density at radius 2 is 1.41 bits per heavy atom. The highest BCUT2D eigenvalue weighted by Crippen LogP contribution is 2.36. The van der Waals surface area contributed by atoms with Gasteiger partial charge in [0.15, 0.2) is 0 Å². The van der Waals surface area contributed by atoms with E-state index in [0.717, 1.165) is 12.7 Å². The van der Waals surface area contributed by atoms with E-state index in [1.807, 2.05) is 0 Å². The van der Waals surface area contributed by atoms with Crippen LogP contribution >= 0.6 is 0 Å². The maximum atomic E-state index is 7.03. The first kappa shape index (κ1) is 28.7. The molecule has 0 fully saturated rings. The minimum absolute atomic E-state index is 0.0872. The molecular weight excluding hydrogens is 456 g/mol. The molecule has 0 amide bonds. The zero-order valence-corrected chi connectivity index (χ0v) is 24.0. The van der Waals surface area contributed by atoms with E-state index in [2.05, 4.69) is 108 Å². The van der Waals surface area contributed by atoms with Crippen molar-refractivity contribution in [2.75, 3.05) is 33.2 Å². The molecule has 0 aliphatic rings. The highest BCUT2D eigenvalue weighted by atomic mass is 28.4. The molecule has 0 N–H and O–H groups in total. The van der Waals surface area contributed by atoms with Crippen LogP contribution in [0.2, 0.25) is 30.7 Å². The van der Waals surface area contributed by atoms with Gasteiger partial charge >= 0.3 is 0 Å². The molecule has 0 aromatic heterocycles. The van der Waals surface area contributed by atoms with Crippen molar-refractivity contribution in [3.63, 3.8) is 0 Å². The van der Waals surface area contributed by atoms with Gasteiger partial charge < -0.3 is 18.6 Å². The molecule has 1 atom stereocenters. The second-order valence-electron chi connectivity index (χ2n) is 10.9. The summed E-state index contributed by atoms with van der Waals surface area (Å²) in [5.74, 6) is 0. The van der Waals surface area contributed by atoms with Crippen molar-refractivity contribution in [2.24, 2.45) is 0 Å². The average molecular weight is 501 g/mol. The average Bonchev–Trinajstić information content (AvgIpc) is 2.78. The lowest BCUT2D eigenvalue weighted by Gasteiger charge is -2.43. The number of hydrogen-bond donors (Lipinski definition) is 0. The first-order chi connectivity index (χ1) is 16.1. The molecule has 188 valence electrons. The Balaban J connectivity index is 2.23. The van der Waals surface area contributed by atoms with Crippen LogP contribution in [0.5, 0.6) is 0 Å². The summed E-state index contributed by atoms with van der Waals surface area (Å²) in [5.41, 5.74) is 0. The molecule has 0 bridgehead atoms. The molecule has 1 unspecified atom stereocenters. The van der Waals surface area contributed by atoms with Gasteiger partial charge in [-0.25, -0.2) is 0 Å². The minimum Gasteiger partial charge on any atom is -0.405 e. The van der Waals surface area contributed by atoms with Crippen LogP contribution in [0.15, 0.2) is 73.3 Å². The molecule has 0 heterocycles. The van der Waals surface area contributed by atoms with Crippen molar-refractivity contribution in [3.8, 4) is 0 Å². The lowest BCUT2D eigenvalue weighted by Crippen LogP contribution is -2.67. The van der Waals surface area contributed by atoms with Gasteiger partial charge in [0.1, 0.15) is 12.9 Å². The van der Waals surface area contributed by atoms with Gasteiger partial charge in [0, 0.05) is 14.7 Å². The van der Waals surface area contributed by atoms with Crippen molar-refractivity contribution in [2.45, 2.75) is 57.6 Å². The maximum Gasteiger partial charge on any atom is 0.261 e. The van der Waals surface area contributed by atoms with E-state index < -0.39 is 16.4 Å². The highest BCUT2D eigenvalue weighted by Gasteiger charge is 2.50. The largest absolute Gasteiger partial charge is 0.405 e. The lowest BCUT2D eigenvalue weighted by atomic mass is 10.2. The maximum absolute atomic E-state index is 7.03. The van der Waals surface area contributed by atoms with Crippen LogP contribution in [0.4, 0.5) is 0 Å². The molecule has 2 aromatic rings. The predicted molar refractivity (Wildman–Crippen MR) is 148 cm³/mol. The van der Waals surface area contributed by atoms with Crippen LogP contribution in [0.3, 0.4) is 0 Å².